The molecule has 1 aliphatic heterocycles. The van der Waals surface area contributed by atoms with Gasteiger partial charge in [-0.3, -0.25) is 4.79 Å². The van der Waals surface area contributed by atoms with Gasteiger partial charge in [-0.25, -0.2) is 4.98 Å². The predicted molar refractivity (Wildman–Crippen MR) is 81.2 cm³/mol. The van der Waals surface area contributed by atoms with Gasteiger partial charge in [0.15, 0.2) is 0 Å². The Morgan fingerprint density at radius 1 is 1.48 bits per heavy atom. The van der Waals surface area contributed by atoms with Crippen molar-refractivity contribution in [2.75, 3.05) is 25.5 Å². The summed E-state index contributed by atoms with van der Waals surface area (Å²) in [5.41, 5.74) is 0.588. The van der Waals surface area contributed by atoms with E-state index in [1.807, 2.05) is 18.1 Å². The molecule has 0 saturated heterocycles. The number of amides is 1. The van der Waals surface area contributed by atoms with Crippen LogP contribution in [0.1, 0.15) is 42.6 Å². The maximum absolute atomic E-state index is 12.6. The smallest absolute Gasteiger partial charge is 0.273 e. The zero-order valence-electron chi connectivity index (χ0n) is 12.7. The summed E-state index contributed by atoms with van der Waals surface area (Å²) in [7, 11) is 1.93. The lowest BCUT2D eigenvalue weighted by Crippen LogP contribution is -2.34. The van der Waals surface area contributed by atoms with Gasteiger partial charge in [-0.2, -0.15) is 0 Å². The topological polar surface area (TPSA) is 50.2 Å². The molecule has 0 aromatic carbocycles. The first-order valence-electron chi connectivity index (χ1n) is 8.27. The first-order valence-corrected chi connectivity index (χ1v) is 8.27. The van der Waals surface area contributed by atoms with Gasteiger partial charge in [0.05, 0.1) is 0 Å². The van der Waals surface area contributed by atoms with Crippen molar-refractivity contribution in [3.05, 3.63) is 11.9 Å². The molecule has 2 fully saturated rings. The van der Waals surface area contributed by atoms with E-state index in [0.717, 1.165) is 43.8 Å². The lowest BCUT2D eigenvalue weighted by molar-refractivity contribution is 0.0749. The minimum atomic E-state index is 0.0708. The Labute approximate surface area is 125 Å². The van der Waals surface area contributed by atoms with Crippen molar-refractivity contribution in [3.63, 3.8) is 0 Å². The standard InChI is InChI=1S/C16H24N4O/c1-19(9-13-8-11-3-4-12(13)7-11)15(21)14-10-20-6-2-5-17-16(20)18-14/h10-13H,2-9H2,1H3,(H,17,18). The Bertz CT molecular complexity index is 529. The third kappa shape index (κ3) is 2.32. The maximum atomic E-state index is 12.6. The summed E-state index contributed by atoms with van der Waals surface area (Å²) < 4.78 is 2.06. The van der Waals surface area contributed by atoms with Gasteiger partial charge in [-0.05, 0) is 43.4 Å². The highest BCUT2D eigenvalue weighted by Gasteiger charge is 2.40. The third-order valence-electron chi connectivity index (χ3n) is 5.59. The molecule has 5 heteroatoms. The molecule has 3 aliphatic rings. The molecule has 1 aromatic heterocycles. The highest BCUT2D eigenvalue weighted by atomic mass is 16.2. The van der Waals surface area contributed by atoms with Crippen molar-refractivity contribution in [1.29, 1.82) is 0 Å². The number of hydrogen-bond donors (Lipinski definition) is 1. The lowest BCUT2D eigenvalue weighted by atomic mass is 9.88. The fourth-order valence-electron chi connectivity index (χ4n) is 4.51. The second-order valence-corrected chi connectivity index (χ2v) is 7.04. The van der Waals surface area contributed by atoms with Gasteiger partial charge in [0.2, 0.25) is 5.95 Å². The summed E-state index contributed by atoms with van der Waals surface area (Å²) in [5, 5.41) is 3.25. The molecule has 0 spiro atoms. The van der Waals surface area contributed by atoms with Crippen molar-refractivity contribution in [2.24, 2.45) is 17.8 Å². The van der Waals surface area contributed by atoms with Crippen molar-refractivity contribution in [3.8, 4) is 0 Å². The molecule has 1 aromatic rings. The van der Waals surface area contributed by atoms with Gasteiger partial charge in [0.25, 0.3) is 5.91 Å². The number of nitrogens with one attached hydrogen (secondary N) is 1. The Morgan fingerprint density at radius 2 is 2.38 bits per heavy atom. The number of imidazole rings is 1. The van der Waals surface area contributed by atoms with Gasteiger partial charge in [0.1, 0.15) is 5.69 Å². The second kappa shape index (κ2) is 5.04. The summed E-state index contributed by atoms with van der Waals surface area (Å²) in [6, 6.07) is 0. The maximum Gasteiger partial charge on any atom is 0.273 e. The summed E-state index contributed by atoms with van der Waals surface area (Å²) in [6.07, 6.45) is 8.51. The van der Waals surface area contributed by atoms with E-state index in [4.69, 9.17) is 0 Å². The Hall–Kier alpha value is -1.52. The van der Waals surface area contributed by atoms with Gasteiger partial charge >= 0.3 is 0 Å². The molecule has 114 valence electrons. The largest absolute Gasteiger partial charge is 0.356 e. The molecule has 0 radical (unpaired) electrons. The van der Waals surface area contributed by atoms with Gasteiger partial charge in [-0.15, -0.1) is 0 Å². The number of carbonyl (C=O) groups excluding carboxylic acids is 1. The summed E-state index contributed by atoms with van der Waals surface area (Å²) in [6.45, 7) is 2.81. The van der Waals surface area contributed by atoms with Gasteiger partial charge in [0, 0.05) is 32.9 Å². The molecule has 5 nitrogen and oxygen atoms in total. The Balaban J connectivity index is 1.43. The zero-order chi connectivity index (χ0) is 14.4. The quantitative estimate of drug-likeness (QED) is 0.927. The molecule has 2 heterocycles. The van der Waals surface area contributed by atoms with Gasteiger partial charge < -0.3 is 14.8 Å². The van der Waals surface area contributed by atoms with Crippen LogP contribution in [0.5, 0.6) is 0 Å². The molecule has 21 heavy (non-hydrogen) atoms. The van der Waals surface area contributed by atoms with Crippen LogP contribution in [-0.2, 0) is 6.54 Å². The summed E-state index contributed by atoms with van der Waals surface area (Å²) >= 11 is 0. The van der Waals surface area contributed by atoms with Crippen LogP contribution in [0.25, 0.3) is 0 Å². The summed E-state index contributed by atoms with van der Waals surface area (Å²) in [4.78, 5) is 18.9. The molecule has 3 atom stereocenters. The number of aryl methyl sites for hydroxylation is 1. The van der Waals surface area contributed by atoms with Crippen LogP contribution >= 0.6 is 0 Å². The van der Waals surface area contributed by atoms with E-state index in [1.54, 1.807) is 0 Å². The SMILES string of the molecule is CN(CC1CC2CCC1C2)C(=O)c1cn2c(n1)NCCC2. The molecule has 2 saturated carbocycles. The van der Waals surface area contributed by atoms with Crippen LogP contribution in [0, 0.1) is 17.8 Å². The minimum Gasteiger partial charge on any atom is -0.356 e. The molecule has 4 rings (SSSR count). The predicted octanol–water partition coefficient (Wildman–Crippen LogP) is 2.21. The Morgan fingerprint density at radius 3 is 3.10 bits per heavy atom. The van der Waals surface area contributed by atoms with Crippen LogP contribution in [0.2, 0.25) is 0 Å². The Kier molecular flexibility index (Phi) is 3.16. The van der Waals surface area contributed by atoms with Crippen molar-refractivity contribution in [2.45, 2.75) is 38.6 Å². The molecular formula is C16H24N4O. The fraction of sp³-hybridized carbons (Fsp3) is 0.750. The number of rotatable bonds is 3. The highest BCUT2D eigenvalue weighted by molar-refractivity contribution is 5.92. The number of hydrogen-bond acceptors (Lipinski definition) is 3. The van der Waals surface area contributed by atoms with Crippen LogP contribution in [0.4, 0.5) is 5.95 Å². The number of nitrogens with zero attached hydrogens (tertiary/aromatic N) is 3. The first-order chi connectivity index (χ1) is 10.2. The molecule has 1 N–H and O–H groups in total. The molecule has 2 aliphatic carbocycles. The van der Waals surface area contributed by atoms with Crippen LogP contribution in [-0.4, -0.2) is 40.5 Å². The van der Waals surface area contributed by atoms with E-state index in [2.05, 4.69) is 14.9 Å². The molecule has 3 unspecified atom stereocenters. The van der Waals surface area contributed by atoms with E-state index in [-0.39, 0.29) is 5.91 Å². The van der Waals surface area contributed by atoms with Crippen molar-refractivity contribution >= 4 is 11.9 Å². The second-order valence-electron chi connectivity index (χ2n) is 7.04. The van der Waals surface area contributed by atoms with E-state index in [0.29, 0.717) is 11.6 Å². The summed E-state index contributed by atoms with van der Waals surface area (Å²) in [5.74, 6) is 3.43. The molecule has 2 bridgehead atoms. The van der Waals surface area contributed by atoms with Crippen molar-refractivity contribution in [1.82, 2.24) is 14.5 Å². The molecular weight excluding hydrogens is 264 g/mol. The number of anilines is 1. The van der Waals surface area contributed by atoms with E-state index in [9.17, 15) is 4.79 Å². The fourth-order valence-corrected chi connectivity index (χ4v) is 4.51. The van der Waals surface area contributed by atoms with Gasteiger partial charge in [-0.1, -0.05) is 6.42 Å². The highest BCUT2D eigenvalue weighted by Crippen LogP contribution is 2.48. The normalized spacial score (nSPS) is 30.0. The van der Waals surface area contributed by atoms with Crippen molar-refractivity contribution < 1.29 is 4.79 Å². The van der Waals surface area contributed by atoms with E-state index < -0.39 is 0 Å². The lowest BCUT2D eigenvalue weighted by Gasteiger charge is -2.26. The van der Waals surface area contributed by atoms with Crippen LogP contribution in [0.15, 0.2) is 6.20 Å². The average Bonchev–Trinajstić information content (AvgIpc) is 3.20. The third-order valence-corrected chi connectivity index (χ3v) is 5.59. The number of carbonyl (C=O) groups is 1. The number of aromatic nitrogens is 2. The molecule has 1 amide bonds. The van der Waals surface area contributed by atoms with E-state index >= 15 is 0 Å². The van der Waals surface area contributed by atoms with Crippen LogP contribution in [0.3, 0.4) is 0 Å². The zero-order valence-corrected chi connectivity index (χ0v) is 12.7. The van der Waals surface area contributed by atoms with Crippen LogP contribution < -0.4 is 5.32 Å². The minimum absolute atomic E-state index is 0.0708. The average molecular weight is 288 g/mol. The first kappa shape index (κ1) is 13.2. The number of fused-ring (bicyclic) bond motifs is 3. The van der Waals surface area contributed by atoms with E-state index in [1.165, 1.54) is 25.7 Å². The monoisotopic (exact) mass is 288 g/mol.